The summed E-state index contributed by atoms with van der Waals surface area (Å²) in [4.78, 5) is 26.9. The van der Waals surface area contributed by atoms with Crippen LogP contribution in [-0.4, -0.2) is 20.0 Å². The third kappa shape index (κ3) is 4.34. The topological polar surface area (TPSA) is 51.2 Å². The quantitative estimate of drug-likeness (QED) is 0.275. The number of benzene rings is 2. The van der Waals surface area contributed by atoms with E-state index in [1.165, 1.54) is 0 Å². The van der Waals surface area contributed by atoms with Crippen LogP contribution in [0, 0.1) is 41.5 Å². The molecule has 0 radical (unpaired) electrons. The first-order valence-electron chi connectivity index (χ1n) is 9.15. The van der Waals surface area contributed by atoms with Crippen molar-refractivity contribution in [3.05, 3.63) is 68.8 Å². The molecule has 0 heterocycles. The maximum absolute atomic E-state index is 13.5. The Bertz CT molecular complexity index is 818. The molecule has 0 aliphatic rings. The van der Waals surface area contributed by atoms with Gasteiger partial charge in [-0.2, -0.15) is 0 Å². The monoisotopic (exact) mass is 398 g/mol. The van der Waals surface area contributed by atoms with Crippen LogP contribution in [0.2, 0.25) is 12.1 Å². The molecule has 0 spiro atoms. The number of ketones is 2. The van der Waals surface area contributed by atoms with Gasteiger partial charge in [-0.1, -0.05) is 41.9 Å². The summed E-state index contributed by atoms with van der Waals surface area (Å²) in [5.41, 5.74) is 6.03. The number of carbonyl (C=O) groups is 2. The lowest BCUT2D eigenvalue weighted by molar-refractivity contribution is 0.0892. The van der Waals surface area contributed by atoms with E-state index in [4.69, 9.17) is 0 Å². The predicted molar refractivity (Wildman–Crippen MR) is 114 cm³/mol. The van der Waals surface area contributed by atoms with Gasteiger partial charge >= 0.3 is 0 Å². The lowest BCUT2D eigenvalue weighted by Crippen LogP contribution is -2.30. The van der Waals surface area contributed by atoms with Crippen molar-refractivity contribution in [1.29, 1.82) is 0 Å². The van der Waals surface area contributed by atoms with E-state index in [0.717, 1.165) is 33.4 Å². The summed E-state index contributed by atoms with van der Waals surface area (Å²) in [7, 11) is -2.20. The molecule has 27 heavy (non-hydrogen) atoms. The highest BCUT2D eigenvalue weighted by atomic mass is 31.3. The number of hydrogen-bond donors (Lipinski definition) is 0. The molecule has 0 bridgehead atoms. The maximum Gasteiger partial charge on any atom is 0.172 e. The summed E-state index contributed by atoms with van der Waals surface area (Å²) in [5.74, 6) is -0.367. The molecule has 3 nitrogen and oxygen atoms in total. The fraction of sp³-hybridized carbons (Fsp3) is 0.364. The van der Waals surface area contributed by atoms with E-state index in [1.54, 1.807) is 0 Å². The third-order valence-electron chi connectivity index (χ3n) is 5.06. The second-order valence-electron chi connectivity index (χ2n) is 7.60. The van der Waals surface area contributed by atoms with Crippen LogP contribution in [-0.2, 0) is 4.57 Å². The Morgan fingerprint density at radius 1 is 0.741 bits per heavy atom. The fourth-order valence-electron chi connectivity index (χ4n) is 4.07. The Balaban J connectivity index is 2.62. The lowest BCUT2D eigenvalue weighted by Gasteiger charge is -2.21. The molecule has 1 atom stereocenters. The molecule has 2 rings (SSSR count). The molecule has 0 N–H and O–H groups in total. The number of hydrogen-bond acceptors (Lipinski definition) is 3. The van der Waals surface area contributed by atoms with Gasteiger partial charge in [0.1, 0.15) is 8.01 Å². The Morgan fingerprint density at radius 3 is 1.30 bits per heavy atom. The number of aryl methyl sites for hydroxylation is 6. The largest absolute Gasteiger partial charge is 0.294 e. The Kier molecular flexibility index (Phi) is 6.66. The summed E-state index contributed by atoms with van der Waals surface area (Å²) in [5, 5.41) is 0. The summed E-state index contributed by atoms with van der Waals surface area (Å²) in [6, 6.07) is 7.85. The molecular formula is C22H27O3PSi. The molecular weight excluding hydrogens is 371 g/mol. The van der Waals surface area contributed by atoms with Crippen molar-refractivity contribution < 1.29 is 14.2 Å². The van der Waals surface area contributed by atoms with Crippen LogP contribution in [0.25, 0.3) is 0 Å². The zero-order valence-corrected chi connectivity index (χ0v) is 19.2. The van der Waals surface area contributed by atoms with Gasteiger partial charge in [-0.3, -0.25) is 14.2 Å². The Labute approximate surface area is 164 Å². The highest BCUT2D eigenvalue weighted by Crippen LogP contribution is 2.33. The van der Waals surface area contributed by atoms with E-state index in [0.29, 0.717) is 11.1 Å². The third-order valence-corrected chi connectivity index (χ3v) is 8.86. The van der Waals surface area contributed by atoms with Crippen LogP contribution >= 0.6 is 8.01 Å². The molecule has 0 aromatic heterocycles. The normalized spacial score (nSPS) is 12.4. The van der Waals surface area contributed by atoms with Crippen LogP contribution < -0.4 is 0 Å². The van der Waals surface area contributed by atoms with Crippen molar-refractivity contribution in [2.45, 2.75) is 53.6 Å². The first kappa shape index (κ1) is 21.4. The van der Waals surface area contributed by atoms with Crippen molar-refractivity contribution in [2.75, 3.05) is 0 Å². The van der Waals surface area contributed by atoms with Crippen LogP contribution in [0.3, 0.4) is 0 Å². The maximum atomic E-state index is 13.5. The SMILES string of the molecule is Cc1cc(C)c(C(=O)C(C(=O)c2c(C)cc(C)cc2C)[SiH](C)P=O)c(C)c1. The van der Waals surface area contributed by atoms with Gasteiger partial charge in [0.05, 0.1) is 5.54 Å². The van der Waals surface area contributed by atoms with Crippen LogP contribution in [0.15, 0.2) is 24.3 Å². The van der Waals surface area contributed by atoms with Gasteiger partial charge in [0.2, 0.25) is 0 Å². The first-order valence-corrected chi connectivity index (χ1v) is 13.4. The average Bonchev–Trinajstić information content (AvgIpc) is 2.52. The van der Waals surface area contributed by atoms with E-state index in [2.05, 4.69) is 0 Å². The van der Waals surface area contributed by atoms with Crippen molar-refractivity contribution in [1.82, 2.24) is 0 Å². The number of rotatable bonds is 6. The minimum absolute atomic E-state index is 0.0636. The summed E-state index contributed by atoms with van der Waals surface area (Å²) in [6.07, 6.45) is 0. The van der Waals surface area contributed by atoms with E-state index in [9.17, 15) is 14.2 Å². The highest BCUT2D eigenvalue weighted by molar-refractivity contribution is 7.67. The molecule has 0 fully saturated rings. The van der Waals surface area contributed by atoms with E-state index in [1.807, 2.05) is 72.4 Å². The summed E-state index contributed by atoms with van der Waals surface area (Å²) in [6.45, 7) is 13.4. The molecule has 0 aliphatic heterocycles. The lowest BCUT2D eigenvalue weighted by atomic mass is 9.90. The number of carbonyl (C=O) groups excluding carboxylic acids is 2. The zero-order chi connectivity index (χ0) is 20.5. The van der Waals surface area contributed by atoms with Crippen LogP contribution in [0.5, 0.6) is 0 Å². The molecule has 2 aromatic carbocycles. The minimum Gasteiger partial charge on any atom is -0.294 e. The van der Waals surface area contributed by atoms with Crippen molar-refractivity contribution in [2.24, 2.45) is 0 Å². The zero-order valence-electron chi connectivity index (χ0n) is 17.1. The van der Waals surface area contributed by atoms with Gasteiger partial charge in [-0.25, -0.2) is 0 Å². The van der Waals surface area contributed by atoms with E-state index >= 15 is 0 Å². The van der Waals surface area contributed by atoms with Gasteiger partial charge in [-0.05, 0) is 63.8 Å². The summed E-state index contributed by atoms with van der Waals surface area (Å²) >= 11 is 0. The van der Waals surface area contributed by atoms with Crippen LogP contribution in [0.4, 0.5) is 0 Å². The highest BCUT2D eigenvalue weighted by Gasteiger charge is 2.37. The van der Waals surface area contributed by atoms with E-state index < -0.39 is 14.0 Å². The molecule has 2 aromatic rings. The molecule has 0 amide bonds. The van der Waals surface area contributed by atoms with Crippen LogP contribution in [0.1, 0.15) is 54.1 Å². The van der Waals surface area contributed by atoms with Gasteiger partial charge in [0, 0.05) is 11.1 Å². The molecule has 0 saturated heterocycles. The second-order valence-corrected chi connectivity index (χ2v) is 13.0. The first-order chi connectivity index (χ1) is 12.6. The van der Waals surface area contributed by atoms with Gasteiger partial charge in [0.25, 0.3) is 0 Å². The predicted octanol–water partition coefficient (Wildman–Crippen LogP) is 5.62. The van der Waals surface area contributed by atoms with Gasteiger partial charge in [-0.15, -0.1) is 0 Å². The van der Waals surface area contributed by atoms with Gasteiger partial charge < -0.3 is 0 Å². The smallest absolute Gasteiger partial charge is 0.172 e. The Hall–Kier alpha value is -1.90. The standard InChI is InChI=1S/C22H27O3PSi/c1-12-8-14(3)18(15(4)9-12)20(23)22(27(7)26-25)21(24)19-16(5)10-13(2)11-17(19)6/h8-11,22,27H,1-7H3. The molecule has 1 unspecified atom stereocenters. The van der Waals surface area contributed by atoms with Crippen molar-refractivity contribution in [3.8, 4) is 0 Å². The van der Waals surface area contributed by atoms with Crippen molar-refractivity contribution >= 4 is 28.0 Å². The van der Waals surface area contributed by atoms with Gasteiger partial charge in [0.15, 0.2) is 20.0 Å². The number of Topliss-reactive ketones (excluding diaryl/α,β-unsaturated/α-hetero) is 2. The van der Waals surface area contributed by atoms with Crippen molar-refractivity contribution in [3.63, 3.8) is 0 Å². The second kappa shape index (κ2) is 8.41. The molecule has 0 saturated carbocycles. The average molecular weight is 399 g/mol. The van der Waals surface area contributed by atoms with E-state index in [-0.39, 0.29) is 19.6 Å². The molecule has 5 heteroatoms. The molecule has 0 aliphatic carbocycles. The Morgan fingerprint density at radius 2 is 1.04 bits per heavy atom. The molecule has 142 valence electrons. The fourth-order valence-corrected chi connectivity index (χ4v) is 6.58. The minimum atomic E-state index is -2.14. The summed E-state index contributed by atoms with van der Waals surface area (Å²) < 4.78 is 11.7.